The van der Waals surface area contributed by atoms with Gasteiger partial charge in [-0.15, -0.1) is 0 Å². The molecule has 11 nitrogen and oxygen atoms in total. The highest BCUT2D eigenvalue weighted by Crippen LogP contribution is 2.45. The van der Waals surface area contributed by atoms with Crippen molar-refractivity contribution in [3.05, 3.63) is 12.2 Å². The maximum Gasteiger partial charge on any atom is 0.472 e. The molecule has 0 aromatic carbocycles. The molecule has 0 spiro atoms. The van der Waals surface area contributed by atoms with Gasteiger partial charge in [0.2, 0.25) is 0 Å². The average Bonchev–Trinajstić information content (AvgIpc) is 3.18. The van der Waals surface area contributed by atoms with Crippen LogP contribution in [0.2, 0.25) is 0 Å². The molecule has 0 aliphatic heterocycles. The Morgan fingerprint density at radius 3 is 1.44 bits per heavy atom. The lowest BCUT2D eigenvalue weighted by Gasteiger charge is -2.24. The monoisotopic (exact) mass is 808 g/mol. The van der Waals surface area contributed by atoms with E-state index in [0.29, 0.717) is 12.8 Å². The molecule has 55 heavy (non-hydrogen) atoms. The summed E-state index contributed by atoms with van der Waals surface area (Å²) in [5, 5.41) is 28.2. The van der Waals surface area contributed by atoms with Crippen LogP contribution >= 0.6 is 7.82 Å². The molecule has 0 radical (unpaired) electrons. The van der Waals surface area contributed by atoms with E-state index in [4.69, 9.17) is 25.0 Å². The van der Waals surface area contributed by atoms with Crippen LogP contribution in [0.1, 0.15) is 208 Å². The van der Waals surface area contributed by atoms with Crippen molar-refractivity contribution < 1.29 is 54.3 Å². The Hall–Kier alpha value is -1.33. The fraction of sp³-hybridized carbons (Fsp3) is 0.907. The lowest BCUT2D eigenvalue weighted by atomic mass is 10.0. The van der Waals surface area contributed by atoms with E-state index in [-0.39, 0.29) is 12.8 Å². The predicted molar refractivity (Wildman–Crippen MR) is 221 cm³/mol. The van der Waals surface area contributed by atoms with Gasteiger partial charge in [-0.3, -0.25) is 18.6 Å². The highest BCUT2D eigenvalue weighted by Gasteiger charge is 2.32. The highest BCUT2D eigenvalue weighted by molar-refractivity contribution is 7.47. The number of phosphoric ester groups is 1. The standard InChI is InChI=1S/C43H83O11P/c1-3-5-7-9-11-13-15-17-19-21-23-25-27-29-31-33-42(47)51-37-39(38-52-55(49,50)54-41(36-45)40(46)35-44)53-43(48)34-32-30-28-26-24-22-20-18-16-14-12-10-8-6-4-2/h15,17,39-41,44-46H,3-14,16,18-38H2,1-2H3,(H,49,50)/b17-15-/t39-,40-,41-/m1/s1/i37D/t37?,39-,40-,41-. The van der Waals surface area contributed by atoms with Gasteiger partial charge in [0, 0.05) is 12.8 Å². The molecule has 326 valence electrons. The second-order valence-electron chi connectivity index (χ2n) is 15.0. The largest absolute Gasteiger partial charge is 0.472 e. The number of carbonyl (C=O) groups excluding carboxylic acids is 2. The van der Waals surface area contributed by atoms with Crippen molar-refractivity contribution in [1.82, 2.24) is 0 Å². The molecule has 0 heterocycles. The topological polar surface area (TPSA) is 169 Å². The molecule has 0 fully saturated rings. The summed E-state index contributed by atoms with van der Waals surface area (Å²) in [6, 6.07) is 0. The summed E-state index contributed by atoms with van der Waals surface area (Å²) in [7, 11) is -4.95. The normalized spacial score (nSPS) is 15.3. The minimum Gasteiger partial charge on any atom is -0.462 e. The van der Waals surface area contributed by atoms with Crippen LogP contribution < -0.4 is 0 Å². The minimum absolute atomic E-state index is 0.0629. The molecule has 12 heteroatoms. The summed E-state index contributed by atoms with van der Waals surface area (Å²) in [4.78, 5) is 35.4. The number of hydrogen-bond acceptors (Lipinski definition) is 10. The van der Waals surface area contributed by atoms with Gasteiger partial charge in [-0.25, -0.2) is 4.57 Å². The van der Waals surface area contributed by atoms with E-state index in [9.17, 15) is 29.3 Å². The van der Waals surface area contributed by atoms with Gasteiger partial charge >= 0.3 is 19.8 Å². The molecular weight excluding hydrogens is 723 g/mol. The summed E-state index contributed by atoms with van der Waals surface area (Å²) in [6.45, 7) is 0.195. The number of allylic oxidation sites excluding steroid dienone is 2. The lowest BCUT2D eigenvalue weighted by Crippen LogP contribution is -2.35. The van der Waals surface area contributed by atoms with Crippen LogP contribution in [0.5, 0.6) is 0 Å². The number of rotatable bonds is 42. The Morgan fingerprint density at radius 2 is 1.02 bits per heavy atom. The third-order valence-corrected chi connectivity index (χ3v) is 10.7. The second kappa shape index (κ2) is 39.5. The van der Waals surface area contributed by atoms with Crippen LogP contribution in [-0.2, 0) is 32.7 Å². The first-order valence-corrected chi connectivity index (χ1v) is 23.6. The van der Waals surface area contributed by atoms with Gasteiger partial charge in [0.25, 0.3) is 0 Å². The lowest BCUT2D eigenvalue weighted by molar-refractivity contribution is -0.161. The molecule has 0 bridgehead atoms. The molecule has 0 aliphatic rings. The zero-order valence-electron chi connectivity index (χ0n) is 35.9. The number of unbranched alkanes of at least 4 members (excludes halogenated alkanes) is 25. The maximum absolute atomic E-state index is 12.7. The highest BCUT2D eigenvalue weighted by atomic mass is 31.2. The molecule has 0 amide bonds. The predicted octanol–water partition coefficient (Wildman–Crippen LogP) is 10.6. The fourth-order valence-corrected chi connectivity index (χ4v) is 7.18. The van der Waals surface area contributed by atoms with Gasteiger partial charge in [-0.2, -0.15) is 0 Å². The summed E-state index contributed by atoms with van der Waals surface area (Å²) < 4.78 is 41.3. The van der Waals surface area contributed by atoms with Gasteiger partial charge in [0.05, 0.1) is 21.2 Å². The molecule has 4 N–H and O–H groups in total. The van der Waals surface area contributed by atoms with Gasteiger partial charge in [-0.05, 0) is 38.5 Å². The molecule has 2 unspecified atom stereocenters. The van der Waals surface area contributed by atoms with E-state index in [1.807, 2.05) is 0 Å². The zero-order chi connectivity index (χ0) is 41.5. The van der Waals surface area contributed by atoms with Crippen LogP contribution in [0.15, 0.2) is 12.2 Å². The molecule has 5 atom stereocenters. The number of esters is 2. The van der Waals surface area contributed by atoms with Crippen molar-refractivity contribution in [1.29, 1.82) is 0 Å². The SMILES string of the molecule is [2H]C(OC(=O)CCCCCCCC/C=C\CCCCCCC)[C@H](COP(=O)(O)O[C@H](CO)[C@H](O)CO)OC(=O)CCCCCCCCCCCCCCCCC. The Labute approximate surface area is 336 Å². The molecule has 0 aromatic heterocycles. The average molecular weight is 808 g/mol. The quantitative estimate of drug-likeness (QED) is 0.0200. The maximum atomic E-state index is 12.7. The van der Waals surface area contributed by atoms with Crippen molar-refractivity contribution in [2.45, 2.75) is 225 Å². The van der Waals surface area contributed by atoms with Crippen LogP contribution in [0.3, 0.4) is 0 Å². The Bertz CT molecular complexity index is 986. The number of phosphoric acid groups is 1. The van der Waals surface area contributed by atoms with Gasteiger partial charge < -0.3 is 29.7 Å². The van der Waals surface area contributed by atoms with Crippen molar-refractivity contribution in [3.63, 3.8) is 0 Å². The van der Waals surface area contributed by atoms with E-state index in [1.54, 1.807) is 0 Å². The van der Waals surface area contributed by atoms with E-state index in [0.717, 1.165) is 64.2 Å². The summed E-state index contributed by atoms with van der Waals surface area (Å²) in [5.74, 6) is -1.31. The van der Waals surface area contributed by atoms with E-state index in [2.05, 4.69) is 26.0 Å². The number of aliphatic hydroxyl groups excluding tert-OH is 3. The van der Waals surface area contributed by atoms with Crippen molar-refractivity contribution in [3.8, 4) is 0 Å². The number of carbonyl (C=O) groups is 2. The Kier molecular flexibility index (Phi) is 37.1. The van der Waals surface area contributed by atoms with E-state index < -0.39 is 64.5 Å². The van der Waals surface area contributed by atoms with Gasteiger partial charge in [-0.1, -0.05) is 167 Å². The summed E-state index contributed by atoms with van der Waals surface area (Å²) in [6.07, 6.45) is 32.2. The second-order valence-corrected chi connectivity index (χ2v) is 16.4. The molecule has 0 saturated heterocycles. The van der Waals surface area contributed by atoms with E-state index in [1.165, 1.54) is 103 Å². The Morgan fingerprint density at radius 1 is 0.618 bits per heavy atom. The first-order chi connectivity index (χ1) is 27.1. The van der Waals surface area contributed by atoms with Crippen LogP contribution in [0, 0.1) is 0 Å². The molecule has 0 saturated carbocycles. The van der Waals surface area contributed by atoms with Gasteiger partial charge in [0.15, 0.2) is 6.10 Å². The first kappa shape index (κ1) is 51.7. The molecular formula is C43H83O11P. The van der Waals surface area contributed by atoms with Crippen LogP contribution in [0.25, 0.3) is 0 Å². The number of aliphatic hydroxyl groups is 3. The van der Waals surface area contributed by atoms with Crippen molar-refractivity contribution >= 4 is 19.8 Å². The Balaban J connectivity index is 4.58. The van der Waals surface area contributed by atoms with E-state index >= 15 is 0 Å². The minimum atomic E-state index is -4.95. The summed E-state index contributed by atoms with van der Waals surface area (Å²) >= 11 is 0. The smallest absolute Gasteiger partial charge is 0.462 e. The number of ether oxygens (including phenoxy) is 2. The number of hydrogen-bond donors (Lipinski definition) is 4. The molecule has 0 aromatic rings. The summed E-state index contributed by atoms with van der Waals surface area (Å²) in [5.41, 5.74) is 0. The van der Waals surface area contributed by atoms with Gasteiger partial charge in [0.1, 0.15) is 18.8 Å². The molecule has 0 rings (SSSR count). The zero-order valence-corrected chi connectivity index (χ0v) is 35.8. The van der Waals surface area contributed by atoms with Crippen LogP contribution in [0.4, 0.5) is 0 Å². The first-order valence-electron chi connectivity index (χ1n) is 22.7. The van der Waals surface area contributed by atoms with Crippen LogP contribution in [-0.4, -0.2) is 76.9 Å². The van der Waals surface area contributed by atoms with Crippen molar-refractivity contribution in [2.75, 3.05) is 26.4 Å². The molecule has 0 aliphatic carbocycles. The third-order valence-electron chi connectivity index (χ3n) is 9.73. The third kappa shape index (κ3) is 36.7. The fourth-order valence-electron chi connectivity index (χ4n) is 6.23. The van der Waals surface area contributed by atoms with Crippen molar-refractivity contribution in [2.24, 2.45) is 0 Å².